The van der Waals surface area contributed by atoms with Crippen LogP contribution in [-0.4, -0.2) is 10.2 Å². The van der Waals surface area contributed by atoms with Crippen molar-refractivity contribution in [3.8, 4) is 0 Å². The SMILES string of the molecule is CCc1[nH]nc2c(F)cc(C)cc12. The second-order valence-corrected chi connectivity index (χ2v) is 3.20. The van der Waals surface area contributed by atoms with Crippen molar-refractivity contribution < 1.29 is 4.39 Å². The summed E-state index contributed by atoms with van der Waals surface area (Å²) in [4.78, 5) is 0. The summed E-state index contributed by atoms with van der Waals surface area (Å²) in [5, 5.41) is 7.67. The average Bonchev–Trinajstić information content (AvgIpc) is 2.47. The third kappa shape index (κ3) is 1.20. The fourth-order valence-electron chi connectivity index (χ4n) is 1.53. The van der Waals surface area contributed by atoms with E-state index in [0.717, 1.165) is 23.1 Å². The molecule has 1 N–H and O–H groups in total. The molecule has 2 rings (SSSR count). The number of hydrogen-bond donors (Lipinski definition) is 1. The minimum absolute atomic E-state index is 0.244. The van der Waals surface area contributed by atoms with Crippen molar-refractivity contribution in [2.75, 3.05) is 0 Å². The first kappa shape index (κ1) is 8.23. The number of nitrogens with zero attached hydrogens (tertiary/aromatic N) is 1. The summed E-state index contributed by atoms with van der Waals surface area (Å²) in [5.74, 6) is -0.244. The Morgan fingerprint density at radius 1 is 1.46 bits per heavy atom. The molecule has 1 heterocycles. The van der Waals surface area contributed by atoms with Gasteiger partial charge in [0, 0.05) is 11.1 Å². The molecular weight excluding hydrogens is 167 g/mol. The van der Waals surface area contributed by atoms with Crippen LogP contribution in [0.25, 0.3) is 10.9 Å². The van der Waals surface area contributed by atoms with Crippen molar-refractivity contribution in [2.45, 2.75) is 20.3 Å². The van der Waals surface area contributed by atoms with E-state index in [2.05, 4.69) is 10.2 Å². The molecule has 0 fully saturated rings. The fourth-order valence-corrected chi connectivity index (χ4v) is 1.53. The number of fused-ring (bicyclic) bond motifs is 1. The predicted octanol–water partition coefficient (Wildman–Crippen LogP) is 2.57. The molecular formula is C10H11FN2. The van der Waals surface area contributed by atoms with Crippen molar-refractivity contribution in [3.63, 3.8) is 0 Å². The van der Waals surface area contributed by atoms with E-state index in [0.29, 0.717) is 5.52 Å². The molecule has 1 aromatic heterocycles. The van der Waals surface area contributed by atoms with Gasteiger partial charge >= 0.3 is 0 Å². The van der Waals surface area contributed by atoms with Crippen LogP contribution >= 0.6 is 0 Å². The molecule has 0 unspecified atom stereocenters. The van der Waals surface area contributed by atoms with E-state index in [4.69, 9.17) is 0 Å². The molecule has 0 radical (unpaired) electrons. The lowest BCUT2D eigenvalue weighted by Crippen LogP contribution is -1.82. The number of aromatic amines is 1. The quantitative estimate of drug-likeness (QED) is 0.714. The lowest BCUT2D eigenvalue weighted by atomic mass is 10.1. The van der Waals surface area contributed by atoms with Crippen molar-refractivity contribution in [1.29, 1.82) is 0 Å². The van der Waals surface area contributed by atoms with Crippen LogP contribution in [0.2, 0.25) is 0 Å². The van der Waals surface area contributed by atoms with E-state index in [1.807, 2.05) is 19.9 Å². The minimum atomic E-state index is -0.244. The summed E-state index contributed by atoms with van der Waals surface area (Å²) >= 11 is 0. The molecule has 1 aromatic carbocycles. The Kier molecular flexibility index (Phi) is 1.79. The highest BCUT2D eigenvalue weighted by Gasteiger charge is 2.08. The maximum Gasteiger partial charge on any atom is 0.151 e. The Bertz CT molecular complexity index is 445. The zero-order valence-corrected chi connectivity index (χ0v) is 7.69. The molecule has 0 bridgehead atoms. The van der Waals surface area contributed by atoms with Crippen molar-refractivity contribution in [3.05, 3.63) is 29.2 Å². The van der Waals surface area contributed by atoms with Crippen molar-refractivity contribution >= 4 is 10.9 Å². The Hall–Kier alpha value is -1.38. The van der Waals surface area contributed by atoms with E-state index in [-0.39, 0.29) is 5.82 Å². The van der Waals surface area contributed by atoms with Gasteiger partial charge in [-0.05, 0) is 31.0 Å². The zero-order chi connectivity index (χ0) is 9.42. The molecule has 68 valence electrons. The monoisotopic (exact) mass is 178 g/mol. The fraction of sp³-hybridized carbons (Fsp3) is 0.300. The van der Waals surface area contributed by atoms with Crippen molar-refractivity contribution in [2.24, 2.45) is 0 Å². The van der Waals surface area contributed by atoms with Gasteiger partial charge in [0.1, 0.15) is 5.52 Å². The molecule has 3 heteroatoms. The molecule has 0 saturated heterocycles. The van der Waals surface area contributed by atoms with E-state index in [9.17, 15) is 4.39 Å². The molecule has 0 aliphatic rings. The second kappa shape index (κ2) is 2.83. The third-order valence-electron chi connectivity index (χ3n) is 2.19. The smallest absolute Gasteiger partial charge is 0.151 e. The summed E-state index contributed by atoms with van der Waals surface area (Å²) in [5.41, 5.74) is 2.38. The largest absolute Gasteiger partial charge is 0.281 e. The molecule has 0 aliphatic carbocycles. The van der Waals surface area contributed by atoms with Crippen LogP contribution in [0, 0.1) is 12.7 Å². The predicted molar refractivity (Wildman–Crippen MR) is 50.2 cm³/mol. The highest BCUT2D eigenvalue weighted by molar-refractivity contribution is 5.82. The molecule has 2 nitrogen and oxygen atoms in total. The first-order valence-electron chi connectivity index (χ1n) is 4.35. The van der Waals surface area contributed by atoms with Crippen molar-refractivity contribution in [1.82, 2.24) is 10.2 Å². The molecule has 0 saturated carbocycles. The average molecular weight is 178 g/mol. The topological polar surface area (TPSA) is 28.7 Å². The molecule has 0 spiro atoms. The summed E-state index contributed by atoms with van der Waals surface area (Å²) in [6.45, 7) is 3.90. The van der Waals surface area contributed by atoms with Crippen LogP contribution in [-0.2, 0) is 6.42 Å². The second-order valence-electron chi connectivity index (χ2n) is 3.20. The number of rotatable bonds is 1. The van der Waals surface area contributed by atoms with Gasteiger partial charge in [-0.25, -0.2) is 4.39 Å². The Labute approximate surface area is 75.8 Å². The lowest BCUT2D eigenvalue weighted by Gasteiger charge is -1.95. The zero-order valence-electron chi connectivity index (χ0n) is 7.69. The number of H-pyrrole nitrogens is 1. The summed E-state index contributed by atoms with van der Waals surface area (Å²) < 4.78 is 13.3. The lowest BCUT2D eigenvalue weighted by molar-refractivity contribution is 0.635. The maximum absolute atomic E-state index is 13.3. The third-order valence-corrected chi connectivity index (χ3v) is 2.19. The van der Waals surface area contributed by atoms with Gasteiger partial charge in [-0.2, -0.15) is 5.10 Å². The van der Waals surface area contributed by atoms with E-state index < -0.39 is 0 Å². The number of aromatic nitrogens is 2. The first-order valence-corrected chi connectivity index (χ1v) is 4.35. The van der Waals surface area contributed by atoms with E-state index >= 15 is 0 Å². The van der Waals surface area contributed by atoms with Crippen LogP contribution in [0.5, 0.6) is 0 Å². The van der Waals surface area contributed by atoms with Gasteiger partial charge in [0.25, 0.3) is 0 Å². The first-order chi connectivity index (χ1) is 6.22. The van der Waals surface area contributed by atoms with Crippen LogP contribution in [0.4, 0.5) is 4.39 Å². The highest BCUT2D eigenvalue weighted by atomic mass is 19.1. The number of aryl methyl sites for hydroxylation is 2. The molecule has 13 heavy (non-hydrogen) atoms. The van der Waals surface area contributed by atoms with Gasteiger partial charge in [0.2, 0.25) is 0 Å². The standard InChI is InChI=1S/C10H11FN2/c1-3-9-7-4-6(2)5-8(11)10(7)13-12-9/h4-5H,3H2,1-2H3,(H,12,13). The van der Waals surface area contributed by atoms with Gasteiger partial charge in [0.05, 0.1) is 0 Å². The van der Waals surface area contributed by atoms with Crippen LogP contribution < -0.4 is 0 Å². The number of halogens is 1. The van der Waals surface area contributed by atoms with Crippen LogP contribution in [0.3, 0.4) is 0 Å². The Morgan fingerprint density at radius 3 is 2.92 bits per heavy atom. The van der Waals surface area contributed by atoms with Gasteiger partial charge in [-0.15, -0.1) is 0 Å². The minimum Gasteiger partial charge on any atom is -0.281 e. The Balaban J connectivity index is 2.82. The molecule has 0 aliphatic heterocycles. The van der Waals surface area contributed by atoms with Gasteiger partial charge in [-0.3, -0.25) is 5.10 Å². The normalized spacial score (nSPS) is 11.0. The van der Waals surface area contributed by atoms with Gasteiger partial charge < -0.3 is 0 Å². The summed E-state index contributed by atoms with van der Waals surface area (Å²) in [6.07, 6.45) is 0.847. The number of benzene rings is 1. The van der Waals surface area contributed by atoms with Crippen LogP contribution in [0.15, 0.2) is 12.1 Å². The summed E-state index contributed by atoms with van der Waals surface area (Å²) in [7, 11) is 0. The summed E-state index contributed by atoms with van der Waals surface area (Å²) in [6, 6.07) is 3.46. The molecule has 0 amide bonds. The molecule has 2 aromatic rings. The highest BCUT2D eigenvalue weighted by Crippen LogP contribution is 2.20. The van der Waals surface area contributed by atoms with E-state index in [1.165, 1.54) is 6.07 Å². The van der Waals surface area contributed by atoms with Gasteiger partial charge in [0.15, 0.2) is 5.82 Å². The number of nitrogens with one attached hydrogen (secondary N) is 1. The van der Waals surface area contributed by atoms with Crippen LogP contribution in [0.1, 0.15) is 18.2 Å². The van der Waals surface area contributed by atoms with E-state index in [1.54, 1.807) is 0 Å². The van der Waals surface area contributed by atoms with Gasteiger partial charge in [-0.1, -0.05) is 6.92 Å². The maximum atomic E-state index is 13.3. The number of hydrogen-bond acceptors (Lipinski definition) is 1. The molecule has 0 atom stereocenters. The Morgan fingerprint density at radius 2 is 2.23 bits per heavy atom.